The van der Waals surface area contributed by atoms with Crippen molar-refractivity contribution in [2.75, 3.05) is 6.61 Å². The zero-order chi connectivity index (χ0) is 27.2. The molecule has 1 heterocycles. The van der Waals surface area contributed by atoms with E-state index in [1.807, 2.05) is 24.3 Å². The second-order valence-corrected chi connectivity index (χ2v) is 7.97. The number of hydrogen-bond acceptors (Lipinski definition) is 8. The van der Waals surface area contributed by atoms with Gasteiger partial charge in [-0.3, -0.25) is 20.2 Å². The van der Waals surface area contributed by atoms with E-state index in [0.29, 0.717) is 23.4 Å². The third-order valence-electron chi connectivity index (χ3n) is 5.46. The Balaban J connectivity index is 1.82. The van der Waals surface area contributed by atoms with Crippen molar-refractivity contribution < 1.29 is 19.3 Å². The Morgan fingerprint density at radius 1 is 1.13 bits per heavy atom. The van der Waals surface area contributed by atoms with Crippen LogP contribution in [0.1, 0.15) is 23.9 Å². The monoisotopic (exact) mass is 511 g/mol. The number of aromatic amines is 1. The van der Waals surface area contributed by atoms with Crippen molar-refractivity contribution in [2.24, 2.45) is 0 Å². The number of non-ortho nitro benzene ring substituents is 1. The van der Waals surface area contributed by atoms with Gasteiger partial charge in [0.15, 0.2) is 11.5 Å². The van der Waals surface area contributed by atoms with Crippen LogP contribution in [0.3, 0.4) is 0 Å². The molecule has 0 amide bonds. The van der Waals surface area contributed by atoms with Crippen LogP contribution in [0.25, 0.3) is 22.7 Å². The van der Waals surface area contributed by atoms with E-state index in [1.54, 1.807) is 31.2 Å². The Kier molecular flexibility index (Phi) is 7.44. The van der Waals surface area contributed by atoms with Gasteiger partial charge >= 0.3 is 5.69 Å². The molecule has 4 aromatic rings. The first-order chi connectivity index (χ1) is 18.3. The standard InChI is InChI=1S/C27H21N5O6/c1-3-7-18-12-17(13-19(16-28)27-29-21-8-5-6-9-22(21)30-27)14-25(37-4-2)26(18)38-24-11-10-20(31(33)34)15-23(24)32(35)36/h3,5-6,8-15H,1,4,7H2,2H3,(H,29,30)/b19-13+. The lowest BCUT2D eigenvalue weighted by Crippen LogP contribution is -2.02. The van der Waals surface area contributed by atoms with Gasteiger partial charge in [0, 0.05) is 11.6 Å². The predicted octanol–water partition coefficient (Wildman–Crippen LogP) is 6.36. The number of rotatable bonds is 10. The average Bonchev–Trinajstić information content (AvgIpc) is 3.33. The number of benzene rings is 3. The number of nitriles is 1. The Labute approximate surface area is 216 Å². The number of nitro groups is 2. The molecule has 0 fully saturated rings. The molecule has 0 unspecified atom stereocenters. The van der Waals surface area contributed by atoms with Crippen LogP contribution >= 0.6 is 0 Å². The molecule has 0 saturated heterocycles. The van der Waals surface area contributed by atoms with E-state index in [0.717, 1.165) is 23.2 Å². The van der Waals surface area contributed by atoms with Crippen LogP contribution in [0.2, 0.25) is 0 Å². The average molecular weight is 511 g/mol. The molecule has 11 heteroatoms. The van der Waals surface area contributed by atoms with Gasteiger partial charge in [0.25, 0.3) is 5.69 Å². The van der Waals surface area contributed by atoms with Crippen molar-refractivity contribution in [3.63, 3.8) is 0 Å². The summed E-state index contributed by atoms with van der Waals surface area (Å²) in [6, 6.07) is 16.1. The fourth-order valence-electron chi connectivity index (χ4n) is 3.81. The number of H-pyrrole nitrogens is 1. The van der Waals surface area contributed by atoms with Crippen LogP contribution in [0, 0.1) is 31.6 Å². The first-order valence-corrected chi connectivity index (χ1v) is 11.4. The van der Waals surface area contributed by atoms with Gasteiger partial charge in [-0.25, -0.2) is 4.98 Å². The molecule has 4 rings (SSSR count). The van der Waals surface area contributed by atoms with Gasteiger partial charge in [0.1, 0.15) is 11.9 Å². The highest BCUT2D eigenvalue weighted by Gasteiger charge is 2.24. The van der Waals surface area contributed by atoms with Gasteiger partial charge in [-0.2, -0.15) is 5.26 Å². The van der Waals surface area contributed by atoms with Crippen molar-refractivity contribution in [3.05, 3.63) is 104 Å². The summed E-state index contributed by atoms with van der Waals surface area (Å²) < 4.78 is 11.7. The van der Waals surface area contributed by atoms with E-state index < -0.39 is 21.2 Å². The maximum absolute atomic E-state index is 11.6. The first kappa shape index (κ1) is 25.6. The highest BCUT2D eigenvalue weighted by molar-refractivity contribution is 5.90. The first-order valence-electron chi connectivity index (χ1n) is 11.4. The van der Waals surface area contributed by atoms with Gasteiger partial charge in [0.2, 0.25) is 5.75 Å². The van der Waals surface area contributed by atoms with Gasteiger partial charge < -0.3 is 14.5 Å². The quantitative estimate of drug-likeness (QED) is 0.111. The molecule has 0 aliphatic rings. The molecule has 0 spiro atoms. The van der Waals surface area contributed by atoms with E-state index in [4.69, 9.17) is 9.47 Å². The minimum absolute atomic E-state index is 0.185. The van der Waals surface area contributed by atoms with Crippen LogP contribution in [0.4, 0.5) is 11.4 Å². The Morgan fingerprint density at radius 3 is 2.58 bits per heavy atom. The molecule has 3 aromatic carbocycles. The molecule has 0 bridgehead atoms. The number of para-hydroxylation sites is 2. The zero-order valence-corrected chi connectivity index (χ0v) is 20.2. The fraction of sp³-hybridized carbons (Fsp3) is 0.111. The summed E-state index contributed by atoms with van der Waals surface area (Å²) in [4.78, 5) is 28.9. The number of ether oxygens (including phenoxy) is 2. The molecular formula is C27H21N5O6. The van der Waals surface area contributed by atoms with Crippen molar-refractivity contribution in [2.45, 2.75) is 13.3 Å². The highest BCUT2D eigenvalue weighted by Crippen LogP contribution is 2.41. The molecule has 1 aromatic heterocycles. The maximum Gasteiger partial charge on any atom is 0.318 e. The SMILES string of the molecule is C=CCc1cc(/C=C(\C#N)c2nc3ccccc3[nH]2)cc(OCC)c1Oc1ccc([N+](=O)[O-])cc1[N+](=O)[O-]. The lowest BCUT2D eigenvalue weighted by atomic mass is 10.0. The number of imidazole rings is 1. The second kappa shape index (κ2) is 11.0. The molecule has 38 heavy (non-hydrogen) atoms. The van der Waals surface area contributed by atoms with E-state index in [-0.39, 0.29) is 29.4 Å². The number of aromatic nitrogens is 2. The normalized spacial score (nSPS) is 11.1. The van der Waals surface area contributed by atoms with Crippen molar-refractivity contribution in [1.29, 1.82) is 5.26 Å². The second-order valence-electron chi connectivity index (χ2n) is 7.97. The summed E-state index contributed by atoms with van der Waals surface area (Å²) in [5, 5.41) is 32.6. The van der Waals surface area contributed by atoms with Crippen LogP contribution < -0.4 is 9.47 Å². The Morgan fingerprint density at radius 2 is 1.92 bits per heavy atom. The predicted molar refractivity (Wildman–Crippen MR) is 141 cm³/mol. The number of allylic oxidation sites excluding steroid dienone is 2. The summed E-state index contributed by atoms with van der Waals surface area (Å²) in [5.74, 6) is 0.685. The van der Waals surface area contributed by atoms with Crippen LogP contribution in [-0.2, 0) is 6.42 Å². The van der Waals surface area contributed by atoms with E-state index >= 15 is 0 Å². The molecule has 190 valence electrons. The van der Waals surface area contributed by atoms with Crippen LogP contribution in [0.5, 0.6) is 17.2 Å². The van der Waals surface area contributed by atoms with Crippen molar-refractivity contribution in [1.82, 2.24) is 9.97 Å². The molecule has 0 radical (unpaired) electrons. The molecular weight excluding hydrogens is 490 g/mol. The minimum Gasteiger partial charge on any atom is -0.490 e. The molecule has 11 nitrogen and oxygen atoms in total. The Hall–Kier alpha value is -5.50. The number of nitrogens with one attached hydrogen (secondary N) is 1. The number of nitrogens with zero attached hydrogens (tertiary/aromatic N) is 4. The third-order valence-corrected chi connectivity index (χ3v) is 5.46. The zero-order valence-electron chi connectivity index (χ0n) is 20.2. The highest BCUT2D eigenvalue weighted by atomic mass is 16.6. The van der Waals surface area contributed by atoms with Gasteiger partial charge in [-0.15, -0.1) is 6.58 Å². The number of fused-ring (bicyclic) bond motifs is 1. The smallest absolute Gasteiger partial charge is 0.318 e. The molecule has 0 aliphatic heterocycles. The summed E-state index contributed by atoms with van der Waals surface area (Å²) in [7, 11) is 0. The minimum atomic E-state index is -0.750. The van der Waals surface area contributed by atoms with E-state index in [9.17, 15) is 25.5 Å². The van der Waals surface area contributed by atoms with E-state index in [1.165, 1.54) is 6.07 Å². The van der Waals surface area contributed by atoms with Crippen LogP contribution in [0.15, 0.2) is 67.3 Å². The summed E-state index contributed by atoms with van der Waals surface area (Å²) in [6.07, 6.45) is 3.58. The lowest BCUT2D eigenvalue weighted by Gasteiger charge is -2.16. The maximum atomic E-state index is 11.6. The molecule has 0 atom stereocenters. The largest absolute Gasteiger partial charge is 0.490 e. The van der Waals surface area contributed by atoms with Gasteiger partial charge in [-0.05, 0) is 55.3 Å². The van der Waals surface area contributed by atoms with E-state index in [2.05, 4.69) is 22.6 Å². The number of hydrogen-bond donors (Lipinski definition) is 1. The van der Waals surface area contributed by atoms with Gasteiger partial charge in [0.05, 0.1) is 39.1 Å². The fourth-order valence-corrected chi connectivity index (χ4v) is 3.81. The third kappa shape index (κ3) is 5.34. The summed E-state index contributed by atoms with van der Waals surface area (Å²) >= 11 is 0. The summed E-state index contributed by atoms with van der Waals surface area (Å²) in [5.41, 5.74) is 1.98. The van der Waals surface area contributed by atoms with Crippen molar-refractivity contribution >= 4 is 34.1 Å². The molecule has 0 saturated carbocycles. The van der Waals surface area contributed by atoms with Gasteiger partial charge in [-0.1, -0.05) is 18.2 Å². The number of nitro benzene ring substituents is 2. The lowest BCUT2D eigenvalue weighted by molar-refractivity contribution is -0.394. The summed E-state index contributed by atoms with van der Waals surface area (Å²) in [6.45, 7) is 5.80. The molecule has 1 N–H and O–H groups in total. The topological polar surface area (TPSA) is 157 Å². The van der Waals surface area contributed by atoms with Crippen molar-refractivity contribution in [3.8, 4) is 23.3 Å². The molecule has 0 aliphatic carbocycles. The van der Waals surface area contributed by atoms with Crippen LogP contribution in [-0.4, -0.2) is 26.4 Å². The Bertz CT molecular complexity index is 1600.